The van der Waals surface area contributed by atoms with Crippen molar-refractivity contribution in [2.45, 2.75) is 13.5 Å². The molecule has 0 fully saturated rings. The molecule has 6 heteroatoms. The first kappa shape index (κ1) is 12.1. The van der Waals surface area contributed by atoms with Gasteiger partial charge in [-0.25, -0.2) is 0 Å². The first-order valence-electron chi connectivity index (χ1n) is 4.52. The second-order valence-electron chi connectivity index (χ2n) is 3.24. The van der Waals surface area contributed by atoms with E-state index in [1.165, 1.54) is 6.07 Å². The van der Waals surface area contributed by atoms with Crippen LogP contribution in [0.25, 0.3) is 0 Å². The molecule has 16 heavy (non-hydrogen) atoms. The minimum Gasteiger partial charge on any atom is -0.548 e. The van der Waals surface area contributed by atoms with Gasteiger partial charge in [0.2, 0.25) is 0 Å². The van der Waals surface area contributed by atoms with Crippen LogP contribution in [0.2, 0.25) is 0 Å². The summed E-state index contributed by atoms with van der Waals surface area (Å²) in [6, 6.07) is 4.61. The molecule has 0 saturated heterocycles. The Morgan fingerprint density at radius 2 is 2.19 bits per heavy atom. The van der Waals surface area contributed by atoms with Gasteiger partial charge in [-0.15, -0.1) is 0 Å². The Kier molecular flexibility index (Phi) is 3.96. The summed E-state index contributed by atoms with van der Waals surface area (Å²) in [7, 11) is 0. The standard InChI is InChI=1S/C10H11NO5/c1-7-2-3-8(4-9(7)11(14)15)5-16-6-10(12)13/h2-4H,5-6H2,1H3,(H,12,13)/p-1. The number of nitro groups is 1. The van der Waals surface area contributed by atoms with Crippen molar-refractivity contribution in [3.8, 4) is 0 Å². The number of carbonyl (C=O) groups is 1. The smallest absolute Gasteiger partial charge is 0.272 e. The molecule has 0 unspecified atom stereocenters. The maximum absolute atomic E-state index is 10.6. The van der Waals surface area contributed by atoms with Crippen molar-refractivity contribution < 1.29 is 19.6 Å². The number of ether oxygens (including phenoxy) is 1. The highest BCUT2D eigenvalue weighted by atomic mass is 16.6. The van der Waals surface area contributed by atoms with Crippen molar-refractivity contribution in [1.29, 1.82) is 0 Å². The van der Waals surface area contributed by atoms with Crippen LogP contribution < -0.4 is 5.11 Å². The number of aliphatic carboxylic acids is 1. The molecule has 0 saturated carbocycles. The summed E-state index contributed by atoms with van der Waals surface area (Å²) in [5.74, 6) is -1.32. The van der Waals surface area contributed by atoms with Crippen LogP contribution in [0.4, 0.5) is 5.69 Å². The summed E-state index contributed by atoms with van der Waals surface area (Å²) in [4.78, 5) is 20.2. The highest BCUT2D eigenvalue weighted by Crippen LogP contribution is 2.19. The first-order valence-corrected chi connectivity index (χ1v) is 4.52. The fourth-order valence-corrected chi connectivity index (χ4v) is 1.19. The Bertz CT molecular complexity index is 416. The van der Waals surface area contributed by atoms with Gasteiger partial charge in [0.25, 0.3) is 5.69 Å². The number of benzene rings is 1. The van der Waals surface area contributed by atoms with Crippen molar-refractivity contribution in [2.75, 3.05) is 6.61 Å². The largest absolute Gasteiger partial charge is 0.548 e. The summed E-state index contributed by atoms with van der Waals surface area (Å²) in [5, 5.41) is 20.7. The predicted molar refractivity (Wildman–Crippen MR) is 52.5 cm³/mol. The van der Waals surface area contributed by atoms with Gasteiger partial charge in [-0.1, -0.05) is 12.1 Å². The van der Waals surface area contributed by atoms with Crippen molar-refractivity contribution in [3.63, 3.8) is 0 Å². The lowest BCUT2D eigenvalue weighted by atomic mass is 10.1. The summed E-state index contributed by atoms with van der Waals surface area (Å²) < 4.78 is 4.77. The number of carboxylic acid groups (broad SMARTS) is 1. The molecule has 0 aliphatic rings. The molecule has 1 aromatic carbocycles. The van der Waals surface area contributed by atoms with E-state index < -0.39 is 17.5 Å². The topological polar surface area (TPSA) is 92.5 Å². The highest BCUT2D eigenvalue weighted by Gasteiger charge is 2.10. The van der Waals surface area contributed by atoms with Gasteiger partial charge in [0, 0.05) is 11.6 Å². The summed E-state index contributed by atoms with van der Waals surface area (Å²) in [6.45, 7) is 1.11. The summed E-state index contributed by atoms with van der Waals surface area (Å²) in [6.07, 6.45) is 0. The van der Waals surface area contributed by atoms with Crippen LogP contribution in [-0.2, 0) is 16.1 Å². The van der Waals surface area contributed by atoms with E-state index in [4.69, 9.17) is 4.74 Å². The second-order valence-corrected chi connectivity index (χ2v) is 3.24. The van der Waals surface area contributed by atoms with Crippen LogP contribution in [0.15, 0.2) is 18.2 Å². The fraction of sp³-hybridized carbons (Fsp3) is 0.300. The summed E-state index contributed by atoms with van der Waals surface area (Å²) >= 11 is 0. The molecule has 1 aromatic rings. The van der Waals surface area contributed by atoms with Crippen LogP contribution in [0.3, 0.4) is 0 Å². The van der Waals surface area contributed by atoms with Crippen molar-refractivity contribution in [2.24, 2.45) is 0 Å². The zero-order valence-corrected chi connectivity index (χ0v) is 8.63. The van der Waals surface area contributed by atoms with Gasteiger partial charge in [-0.05, 0) is 12.5 Å². The van der Waals surface area contributed by atoms with E-state index in [0.717, 1.165) is 0 Å². The molecule has 0 aliphatic carbocycles. The van der Waals surface area contributed by atoms with Gasteiger partial charge in [-0.3, -0.25) is 10.1 Å². The zero-order valence-electron chi connectivity index (χ0n) is 8.63. The number of nitrogens with zero attached hydrogens (tertiary/aromatic N) is 1. The molecule has 0 heterocycles. The second kappa shape index (κ2) is 5.22. The molecule has 0 aliphatic heterocycles. The first-order chi connectivity index (χ1) is 7.50. The van der Waals surface area contributed by atoms with E-state index in [1.807, 2.05) is 0 Å². The Balaban J connectivity index is 2.71. The third-order valence-corrected chi connectivity index (χ3v) is 1.96. The highest BCUT2D eigenvalue weighted by molar-refractivity contribution is 5.65. The number of nitro benzene ring substituents is 1. The maximum atomic E-state index is 10.6. The van der Waals surface area contributed by atoms with Crippen LogP contribution in [0.5, 0.6) is 0 Å². The lowest BCUT2D eigenvalue weighted by molar-refractivity contribution is -0.385. The van der Waals surface area contributed by atoms with Crippen LogP contribution >= 0.6 is 0 Å². The molecule has 0 bridgehead atoms. The number of hydrogen-bond acceptors (Lipinski definition) is 5. The quantitative estimate of drug-likeness (QED) is 0.525. The predicted octanol–water partition coefficient (Wildman–Crippen LogP) is 0.170. The lowest BCUT2D eigenvalue weighted by Gasteiger charge is -2.05. The van der Waals surface area contributed by atoms with Crippen LogP contribution in [-0.4, -0.2) is 17.5 Å². The lowest BCUT2D eigenvalue weighted by Crippen LogP contribution is -2.27. The molecular weight excluding hydrogens is 214 g/mol. The average Bonchev–Trinajstić information content (AvgIpc) is 2.19. The van der Waals surface area contributed by atoms with Crippen molar-refractivity contribution in [3.05, 3.63) is 39.4 Å². The molecule has 6 nitrogen and oxygen atoms in total. The molecule has 0 radical (unpaired) electrons. The monoisotopic (exact) mass is 224 g/mol. The maximum Gasteiger partial charge on any atom is 0.272 e. The third kappa shape index (κ3) is 3.32. The van der Waals surface area contributed by atoms with E-state index in [0.29, 0.717) is 11.1 Å². The third-order valence-electron chi connectivity index (χ3n) is 1.96. The van der Waals surface area contributed by atoms with Gasteiger partial charge in [0.15, 0.2) is 0 Å². The molecule has 0 atom stereocenters. The van der Waals surface area contributed by atoms with E-state index in [2.05, 4.69) is 0 Å². The molecule has 0 spiro atoms. The van der Waals surface area contributed by atoms with E-state index in [1.54, 1.807) is 19.1 Å². The SMILES string of the molecule is Cc1ccc(COCC(=O)[O-])cc1[N+](=O)[O-]. The van der Waals surface area contributed by atoms with E-state index in [9.17, 15) is 20.0 Å². The molecule has 0 amide bonds. The van der Waals surface area contributed by atoms with Gasteiger partial charge in [-0.2, -0.15) is 0 Å². The molecular formula is C10H10NO5-. The Hall–Kier alpha value is -1.95. The molecule has 0 N–H and O–H groups in total. The Morgan fingerprint density at radius 1 is 1.50 bits per heavy atom. The molecule has 86 valence electrons. The van der Waals surface area contributed by atoms with Crippen LogP contribution in [0.1, 0.15) is 11.1 Å². The minimum atomic E-state index is -1.32. The van der Waals surface area contributed by atoms with E-state index in [-0.39, 0.29) is 12.3 Å². The Morgan fingerprint density at radius 3 is 2.75 bits per heavy atom. The van der Waals surface area contributed by atoms with E-state index >= 15 is 0 Å². The number of carbonyl (C=O) groups excluding carboxylic acids is 1. The number of hydrogen-bond donors (Lipinski definition) is 0. The zero-order chi connectivity index (χ0) is 12.1. The van der Waals surface area contributed by atoms with Crippen LogP contribution in [0, 0.1) is 17.0 Å². The normalized spacial score (nSPS) is 10.1. The number of aryl methyl sites for hydroxylation is 1. The van der Waals surface area contributed by atoms with Gasteiger partial charge >= 0.3 is 0 Å². The average molecular weight is 224 g/mol. The van der Waals surface area contributed by atoms with Gasteiger partial charge in [0.1, 0.15) is 0 Å². The molecule has 1 rings (SSSR count). The number of carboxylic acids is 1. The van der Waals surface area contributed by atoms with Gasteiger partial charge in [0.05, 0.1) is 24.1 Å². The Labute approximate surface area is 91.6 Å². The van der Waals surface area contributed by atoms with Gasteiger partial charge < -0.3 is 14.6 Å². The minimum absolute atomic E-state index is 0.00505. The van der Waals surface area contributed by atoms with Crippen molar-refractivity contribution >= 4 is 11.7 Å². The summed E-state index contributed by atoms with van der Waals surface area (Å²) in [5.41, 5.74) is 1.10. The van der Waals surface area contributed by atoms with Crippen molar-refractivity contribution in [1.82, 2.24) is 0 Å². The number of rotatable bonds is 5. The molecule has 0 aromatic heterocycles. The fourth-order valence-electron chi connectivity index (χ4n) is 1.19.